The molecule has 0 saturated carbocycles. The number of amides is 2. The molecule has 0 spiro atoms. The second-order valence-corrected chi connectivity index (χ2v) is 8.83. The highest BCUT2D eigenvalue weighted by Crippen LogP contribution is 2.34. The molecule has 146 valence electrons. The van der Waals surface area contributed by atoms with Crippen molar-refractivity contribution in [3.8, 4) is 11.1 Å². The largest absolute Gasteiger partial charge is 0.348 e. The number of hydrogen-bond acceptors (Lipinski definition) is 4. The van der Waals surface area contributed by atoms with Gasteiger partial charge in [0.15, 0.2) is 9.84 Å². The molecule has 1 aliphatic heterocycles. The molecule has 2 N–H and O–H groups in total. The van der Waals surface area contributed by atoms with E-state index in [-0.39, 0.29) is 16.4 Å². The molecule has 4 rings (SSSR count). The first-order valence-corrected chi connectivity index (χ1v) is 10.8. The van der Waals surface area contributed by atoms with Crippen LogP contribution in [0.25, 0.3) is 11.1 Å². The number of nitrogens with one attached hydrogen (secondary N) is 2. The molecule has 0 atom stereocenters. The van der Waals surface area contributed by atoms with Crippen molar-refractivity contribution in [3.63, 3.8) is 0 Å². The first-order valence-electron chi connectivity index (χ1n) is 8.95. The number of hydrogen-bond donors (Lipinski definition) is 2. The lowest BCUT2D eigenvalue weighted by Gasteiger charge is -2.13. The van der Waals surface area contributed by atoms with E-state index in [0.717, 1.165) is 22.9 Å². The van der Waals surface area contributed by atoms with E-state index in [2.05, 4.69) is 10.6 Å². The van der Waals surface area contributed by atoms with Crippen molar-refractivity contribution in [1.29, 1.82) is 0 Å². The number of carbonyl (C=O) groups excluding carboxylic acids is 2. The summed E-state index contributed by atoms with van der Waals surface area (Å²) in [5, 5.41) is 5.56. The van der Waals surface area contributed by atoms with Crippen LogP contribution in [0.5, 0.6) is 0 Å². The summed E-state index contributed by atoms with van der Waals surface area (Å²) in [6, 6.07) is 19.1. The average Bonchev–Trinajstić information content (AvgIpc) is 3.10. The molecule has 1 aliphatic rings. The number of fused-ring (bicyclic) bond motifs is 1. The molecule has 0 radical (unpaired) electrons. The molecule has 2 amide bonds. The maximum Gasteiger partial charge on any atom is 0.255 e. The number of rotatable bonds is 4. The molecule has 6 nitrogen and oxygen atoms in total. The minimum atomic E-state index is -3.43. The third kappa shape index (κ3) is 3.64. The number of benzene rings is 3. The van der Waals surface area contributed by atoms with Crippen LogP contribution in [0, 0.1) is 0 Å². The van der Waals surface area contributed by atoms with E-state index in [0.29, 0.717) is 17.8 Å². The molecule has 3 aromatic carbocycles. The molecule has 1 heterocycles. The minimum Gasteiger partial charge on any atom is -0.348 e. The maximum atomic E-state index is 12.7. The molecular formula is C22H18N2O4S. The summed E-state index contributed by atoms with van der Waals surface area (Å²) in [4.78, 5) is 25.2. The van der Waals surface area contributed by atoms with Crippen LogP contribution in [0.3, 0.4) is 0 Å². The van der Waals surface area contributed by atoms with Crippen LogP contribution < -0.4 is 10.6 Å². The molecule has 0 bridgehead atoms. The van der Waals surface area contributed by atoms with Gasteiger partial charge >= 0.3 is 0 Å². The Balaban J connectivity index is 1.71. The van der Waals surface area contributed by atoms with Crippen molar-refractivity contribution in [2.24, 2.45) is 0 Å². The molecule has 0 aliphatic carbocycles. The van der Waals surface area contributed by atoms with Crippen LogP contribution >= 0.6 is 0 Å². The zero-order valence-corrected chi connectivity index (χ0v) is 16.4. The van der Waals surface area contributed by atoms with Crippen molar-refractivity contribution >= 4 is 27.3 Å². The molecule has 7 heteroatoms. The molecule has 0 saturated heterocycles. The van der Waals surface area contributed by atoms with Gasteiger partial charge in [-0.2, -0.15) is 0 Å². The fourth-order valence-electron chi connectivity index (χ4n) is 3.40. The smallest absolute Gasteiger partial charge is 0.255 e. The highest BCUT2D eigenvalue weighted by molar-refractivity contribution is 7.90. The van der Waals surface area contributed by atoms with Gasteiger partial charge in [-0.05, 0) is 41.0 Å². The Morgan fingerprint density at radius 2 is 1.76 bits per heavy atom. The number of anilines is 1. The fraction of sp³-hybridized carbons (Fsp3) is 0.0909. The van der Waals surface area contributed by atoms with Crippen molar-refractivity contribution in [1.82, 2.24) is 5.32 Å². The Hall–Kier alpha value is -3.45. The summed E-state index contributed by atoms with van der Waals surface area (Å²) in [5.41, 5.74) is 3.76. The third-order valence-corrected chi connectivity index (χ3v) is 5.93. The SMILES string of the molecule is CS(=O)(=O)c1cccc(C(=O)Nc2ccc(-c3ccccc3)c3c2C(=O)NC3)c1. The maximum absolute atomic E-state index is 12.7. The Labute approximate surface area is 168 Å². The minimum absolute atomic E-state index is 0.0625. The molecule has 3 aromatic rings. The van der Waals surface area contributed by atoms with Gasteiger partial charge in [0.05, 0.1) is 16.1 Å². The standard InChI is InChI=1S/C22H18N2O4S/c1-29(27,28)16-9-5-8-15(12-16)21(25)24-19-11-10-17(14-6-3-2-4-7-14)18-13-23-22(26)20(18)19/h2-12H,13H2,1H3,(H,23,26)(H,24,25). The van der Waals surface area contributed by atoms with E-state index in [9.17, 15) is 18.0 Å². The normalized spacial score (nSPS) is 12.9. The highest BCUT2D eigenvalue weighted by Gasteiger charge is 2.27. The first kappa shape index (κ1) is 18.9. The summed E-state index contributed by atoms with van der Waals surface area (Å²) in [7, 11) is -3.43. The quantitative estimate of drug-likeness (QED) is 0.696. The summed E-state index contributed by atoms with van der Waals surface area (Å²) >= 11 is 0. The van der Waals surface area contributed by atoms with Crippen LogP contribution in [-0.2, 0) is 16.4 Å². The van der Waals surface area contributed by atoms with E-state index in [1.807, 2.05) is 36.4 Å². The summed E-state index contributed by atoms with van der Waals surface area (Å²) in [6.45, 7) is 0.381. The Kier molecular flexibility index (Phi) is 4.68. The van der Waals surface area contributed by atoms with Crippen LogP contribution in [-0.4, -0.2) is 26.5 Å². The van der Waals surface area contributed by atoms with E-state index in [1.54, 1.807) is 6.07 Å². The Bertz CT molecular complexity index is 1230. The zero-order chi connectivity index (χ0) is 20.6. The van der Waals surface area contributed by atoms with Crippen molar-refractivity contribution < 1.29 is 18.0 Å². The fourth-order valence-corrected chi connectivity index (χ4v) is 4.07. The lowest BCUT2D eigenvalue weighted by atomic mass is 9.95. The van der Waals surface area contributed by atoms with Crippen molar-refractivity contribution in [2.75, 3.05) is 11.6 Å². The zero-order valence-electron chi connectivity index (χ0n) is 15.6. The lowest BCUT2D eigenvalue weighted by molar-refractivity contribution is 0.0966. The van der Waals surface area contributed by atoms with Crippen molar-refractivity contribution in [2.45, 2.75) is 11.4 Å². The molecule has 0 fully saturated rings. The third-order valence-electron chi connectivity index (χ3n) is 4.82. The molecular weight excluding hydrogens is 388 g/mol. The van der Waals surface area contributed by atoms with Crippen LogP contribution in [0.4, 0.5) is 5.69 Å². The van der Waals surface area contributed by atoms with Gasteiger partial charge in [0, 0.05) is 18.4 Å². The second-order valence-electron chi connectivity index (χ2n) is 6.82. The predicted molar refractivity (Wildman–Crippen MR) is 111 cm³/mol. The van der Waals surface area contributed by atoms with Gasteiger partial charge in [-0.15, -0.1) is 0 Å². The predicted octanol–water partition coefficient (Wildman–Crippen LogP) is 3.25. The van der Waals surface area contributed by atoms with Gasteiger partial charge in [-0.25, -0.2) is 8.42 Å². The topological polar surface area (TPSA) is 92.3 Å². The molecule has 0 unspecified atom stereocenters. The second kappa shape index (κ2) is 7.18. The lowest BCUT2D eigenvalue weighted by Crippen LogP contribution is -2.17. The van der Waals surface area contributed by atoms with E-state index >= 15 is 0 Å². The van der Waals surface area contributed by atoms with Gasteiger partial charge in [0.25, 0.3) is 11.8 Å². The Morgan fingerprint density at radius 3 is 2.48 bits per heavy atom. The average molecular weight is 406 g/mol. The summed E-state index contributed by atoms with van der Waals surface area (Å²) in [5.74, 6) is -0.733. The van der Waals surface area contributed by atoms with Crippen LogP contribution in [0.2, 0.25) is 0 Å². The van der Waals surface area contributed by atoms with Gasteiger partial charge in [0.1, 0.15) is 0 Å². The van der Waals surface area contributed by atoms with Crippen LogP contribution in [0.15, 0.2) is 71.6 Å². The monoisotopic (exact) mass is 406 g/mol. The Morgan fingerprint density at radius 1 is 1.00 bits per heavy atom. The van der Waals surface area contributed by atoms with Crippen molar-refractivity contribution in [3.05, 3.63) is 83.4 Å². The number of sulfone groups is 1. The van der Waals surface area contributed by atoms with Gasteiger partial charge in [-0.1, -0.05) is 42.5 Å². The van der Waals surface area contributed by atoms with Gasteiger partial charge < -0.3 is 10.6 Å². The van der Waals surface area contributed by atoms with Crippen LogP contribution in [0.1, 0.15) is 26.3 Å². The van der Waals surface area contributed by atoms with E-state index in [1.165, 1.54) is 24.3 Å². The first-order chi connectivity index (χ1) is 13.8. The molecule has 29 heavy (non-hydrogen) atoms. The molecule has 0 aromatic heterocycles. The number of carbonyl (C=O) groups is 2. The summed E-state index contributed by atoms with van der Waals surface area (Å²) < 4.78 is 23.5. The van der Waals surface area contributed by atoms with Gasteiger partial charge in [0.2, 0.25) is 0 Å². The summed E-state index contributed by atoms with van der Waals surface area (Å²) in [6.07, 6.45) is 1.09. The van der Waals surface area contributed by atoms with E-state index in [4.69, 9.17) is 0 Å². The van der Waals surface area contributed by atoms with Gasteiger partial charge in [-0.3, -0.25) is 9.59 Å². The highest BCUT2D eigenvalue weighted by atomic mass is 32.2. The van der Waals surface area contributed by atoms with E-state index < -0.39 is 15.7 Å².